The molecule has 6 nitrogen and oxygen atoms in total. The molecule has 1 aliphatic rings. The van der Waals surface area contributed by atoms with Gasteiger partial charge < -0.3 is 19.7 Å². The van der Waals surface area contributed by atoms with Crippen molar-refractivity contribution in [2.24, 2.45) is 0 Å². The summed E-state index contributed by atoms with van der Waals surface area (Å²) >= 11 is 0. The third-order valence-electron chi connectivity index (χ3n) is 5.37. The lowest BCUT2D eigenvalue weighted by Gasteiger charge is -2.34. The van der Waals surface area contributed by atoms with Crippen LogP contribution < -0.4 is 14.8 Å². The maximum Gasteiger partial charge on any atom is 0.251 e. The molecule has 2 aromatic rings. The van der Waals surface area contributed by atoms with E-state index in [9.17, 15) is 4.79 Å². The Kier molecular flexibility index (Phi) is 7.47. The van der Waals surface area contributed by atoms with E-state index < -0.39 is 0 Å². The van der Waals surface area contributed by atoms with Crippen molar-refractivity contribution >= 4 is 5.91 Å². The van der Waals surface area contributed by atoms with Gasteiger partial charge in [-0.2, -0.15) is 0 Å². The summed E-state index contributed by atoms with van der Waals surface area (Å²) in [5.74, 6) is 1.18. The monoisotopic (exact) mass is 397 g/mol. The number of aromatic nitrogens is 1. The Morgan fingerprint density at radius 2 is 1.90 bits per heavy atom. The van der Waals surface area contributed by atoms with Crippen LogP contribution in [-0.2, 0) is 6.42 Å². The van der Waals surface area contributed by atoms with Crippen molar-refractivity contribution in [2.75, 3.05) is 26.7 Å². The molecular weight excluding hydrogens is 366 g/mol. The Morgan fingerprint density at radius 3 is 2.55 bits per heavy atom. The van der Waals surface area contributed by atoms with Crippen molar-refractivity contribution in [3.05, 3.63) is 53.9 Å². The predicted octanol–water partition coefficient (Wildman–Crippen LogP) is 3.31. The summed E-state index contributed by atoms with van der Waals surface area (Å²) < 4.78 is 11.7. The number of pyridine rings is 1. The van der Waals surface area contributed by atoms with Crippen LogP contribution in [0.25, 0.3) is 0 Å². The van der Waals surface area contributed by atoms with Crippen molar-refractivity contribution in [3.63, 3.8) is 0 Å². The van der Waals surface area contributed by atoms with Crippen molar-refractivity contribution < 1.29 is 14.3 Å². The van der Waals surface area contributed by atoms with Crippen LogP contribution in [0.4, 0.5) is 0 Å². The lowest BCUT2D eigenvalue weighted by atomic mass is 10.1. The molecule has 1 fully saturated rings. The number of piperidine rings is 1. The molecule has 6 heteroatoms. The molecular formula is C23H31N3O3. The SMILES string of the molecule is COc1ccc(C(=O)NCCc2ccncc2)cc1OC1CCN(C(C)C)CC1. The molecule has 1 amide bonds. The van der Waals surface area contributed by atoms with E-state index in [1.807, 2.05) is 12.1 Å². The molecule has 1 aromatic carbocycles. The van der Waals surface area contributed by atoms with E-state index in [1.165, 1.54) is 0 Å². The molecule has 29 heavy (non-hydrogen) atoms. The molecule has 2 heterocycles. The van der Waals surface area contributed by atoms with Crippen molar-refractivity contribution in [1.29, 1.82) is 0 Å². The zero-order chi connectivity index (χ0) is 20.6. The smallest absolute Gasteiger partial charge is 0.251 e. The summed E-state index contributed by atoms with van der Waals surface area (Å²) in [6, 6.07) is 9.83. The Bertz CT molecular complexity index is 787. The Labute approximate surface area is 173 Å². The zero-order valence-corrected chi connectivity index (χ0v) is 17.6. The zero-order valence-electron chi connectivity index (χ0n) is 17.6. The van der Waals surface area contributed by atoms with Gasteiger partial charge in [0.15, 0.2) is 11.5 Å². The fourth-order valence-corrected chi connectivity index (χ4v) is 3.57. The van der Waals surface area contributed by atoms with E-state index in [-0.39, 0.29) is 12.0 Å². The number of hydrogen-bond acceptors (Lipinski definition) is 5. The molecule has 0 atom stereocenters. The highest BCUT2D eigenvalue weighted by atomic mass is 16.5. The molecule has 3 rings (SSSR count). The number of ether oxygens (including phenoxy) is 2. The number of nitrogens with one attached hydrogen (secondary N) is 1. The number of carbonyl (C=O) groups is 1. The molecule has 156 valence electrons. The highest BCUT2D eigenvalue weighted by molar-refractivity contribution is 5.94. The van der Waals surface area contributed by atoms with Gasteiger partial charge in [0.1, 0.15) is 6.10 Å². The van der Waals surface area contributed by atoms with Gasteiger partial charge in [-0.3, -0.25) is 9.78 Å². The number of benzene rings is 1. The number of carbonyl (C=O) groups excluding carboxylic acids is 1. The van der Waals surface area contributed by atoms with E-state index in [0.29, 0.717) is 29.6 Å². The summed E-state index contributed by atoms with van der Waals surface area (Å²) in [6.45, 7) is 7.07. The summed E-state index contributed by atoms with van der Waals surface area (Å²) in [6.07, 6.45) is 6.38. The maximum absolute atomic E-state index is 12.6. The second-order valence-electron chi connectivity index (χ2n) is 7.67. The maximum atomic E-state index is 12.6. The normalized spacial score (nSPS) is 15.3. The topological polar surface area (TPSA) is 63.7 Å². The lowest BCUT2D eigenvalue weighted by molar-refractivity contribution is 0.0819. The third-order valence-corrected chi connectivity index (χ3v) is 5.37. The van der Waals surface area contributed by atoms with Gasteiger partial charge in [0.2, 0.25) is 0 Å². The first-order valence-electron chi connectivity index (χ1n) is 10.3. The van der Waals surface area contributed by atoms with Gasteiger partial charge in [-0.05, 0) is 69.0 Å². The van der Waals surface area contributed by atoms with E-state index in [2.05, 4.69) is 29.0 Å². The fraction of sp³-hybridized carbons (Fsp3) is 0.478. The van der Waals surface area contributed by atoms with Crippen molar-refractivity contribution in [1.82, 2.24) is 15.2 Å². The summed E-state index contributed by atoms with van der Waals surface area (Å²) in [5.41, 5.74) is 1.72. The first-order valence-corrected chi connectivity index (χ1v) is 10.3. The number of hydrogen-bond donors (Lipinski definition) is 1. The highest BCUT2D eigenvalue weighted by Gasteiger charge is 2.23. The minimum absolute atomic E-state index is 0.110. The van der Waals surface area contributed by atoms with Gasteiger partial charge in [-0.15, -0.1) is 0 Å². The van der Waals surface area contributed by atoms with Gasteiger partial charge in [0, 0.05) is 43.6 Å². The molecule has 1 saturated heterocycles. The van der Waals surface area contributed by atoms with Crippen LogP contribution in [0, 0.1) is 0 Å². The number of nitrogens with zero attached hydrogens (tertiary/aromatic N) is 2. The van der Waals surface area contributed by atoms with E-state index >= 15 is 0 Å². The predicted molar refractivity (Wildman–Crippen MR) is 114 cm³/mol. The minimum Gasteiger partial charge on any atom is -0.493 e. The second-order valence-corrected chi connectivity index (χ2v) is 7.67. The Balaban J connectivity index is 1.58. The first kappa shape index (κ1) is 21.1. The van der Waals surface area contributed by atoms with Crippen LogP contribution in [0.2, 0.25) is 0 Å². The molecule has 1 aliphatic heterocycles. The Hall–Kier alpha value is -2.60. The Morgan fingerprint density at radius 1 is 1.17 bits per heavy atom. The number of amides is 1. The van der Waals surface area contributed by atoms with Crippen LogP contribution >= 0.6 is 0 Å². The van der Waals surface area contributed by atoms with Crippen LogP contribution in [0.15, 0.2) is 42.7 Å². The number of rotatable bonds is 8. The molecule has 1 aromatic heterocycles. The van der Waals surface area contributed by atoms with Crippen LogP contribution in [0.3, 0.4) is 0 Å². The third kappa shape index (κ3) is 5.94. The fourth-order valence-electron chi connectivity index (χ4n) is 3.57. The minimum atomic E-state index is -0.110. The molecule has 0 saturated carbocycles. The second kappa shape index (κ2) is 10.3. The molecule has 0 bridgehead atoms. The van der Waals surface area contributed by atoms with E-state index in [0.717, 1.165) is 37.9 Å². The highest BCUT2D eigenvalue weighted by Crippen LogP contribution is 2.31. The van der Waals surface area contributed by atoms with Crippen LogP contribution in [0.5, 0.6) is 11.5 Å². The van der Waals surface area contributed by atoms with Crippen LogP contribution in [0.1, 0.15) is 42.6 Å². The summed E-state index contributed by atoms with van der Waals surface area (Å²) in [5, 5.41) is 2.97. The largest absolute Gasteiger partial charge is 0.493 e. The molecule has 0 aliphatic carbocycles. The van der Waals surface area contributed by atoms with Gasteiger partial charge in [0.05, 0.1) is 7.11 Å². The molecule has 0 unspecified atom stereocenters. The average molecular weight is 398 g/mol. The quantitative estimate of drug-likeness (QED) is 0.740. The number of methoxy groups -OCH3 is 1. The summed E-state index contributed by atoms with van der Waals surface area (Å²) in [7, 11) is 1.62. The van der Waals surface area contributed by atoms with Gasteiger partial charge in [-0.1, -0.05) is 0 Å². The molecule has 1 N–H and O–H groups in total. The van der Waals surface area contributed by atoms with Crippen molar-refractivity contribution in [2.45, 2.75) is 45.3 Å². The lowest BCUT2D eigenvalue weighted by Crippen LogP contribution is -2.41. The van der Waals surface area contributed by atoms with Crippen LogP contribution in [-0.4, -0.2) is 54.7 Å². The summed E-state index contributed by atoms with van der Waals surface area (Å²) in [4.78, 5) is 19.0. The van der Waals surface area contributed by atoms with Gasteiger partial charge >= 0.3 is 0 Å². The molecule has 0 spiro atoms. The van der Waals surface area contributed by atoms with E-state index in [1.54, 1.807) is 37.7 Å². The first-order chi connectivity index (χ1) is 14.1. The van der Waals surface area contributed by atoms with Crippen molar-refractivity contribution in [3.8, 4) is 11.5 Å². The van der Waals surface area contributed by atoms with Gasteiger partial charge in [0.25, 0.3) is 5.91 Å². The van der Waals surface area contributed by atoms with E-state index in [4.69, 9.17) is 9.47 Å². The average Bonchev–Trinajstić information content (AvgIpc) is 2.74. The van der Waals surface area contributed by atoms with Gasteiger partial charge in [-0.25, -0.2) is 0 Å². The standard InChI is InChI=1S/C23H31N3O3/c1-17(2)26-14-9-20(10-15-26)29-22-16-19(4-5-21(22)28-3)23(27)25-13-8-18-6-11-24-12-7-18/h4-7,11-12,16-17,20H,8-10,13-15H2,1-3H3,(H,25,27). The number of likely N-dealkylation sites (tertiary alicyclic amines) is 1. The molecule has 0 radical (unpaired) electrons.